The van der Waals surface area contributed by atoms with Gasteiger partial charge in [0, 0.05) is 57.6 Å². The fourth-order valence-electron chi connectivity index (χ4n) is 3.63. The molecule has 1 aliphatic heterocycles. The van der Waals surface area contributed by atoms with E-state index in [1.165, 1.54) is 0 Å². The van der Waals surface area contributed by atoms with Crippen LogP contribution in [0.25, 0.3) is 0 Å². The molecular weight excluding hydrogens is 481 g/mol. The molecule has 2 N–H and O–H groups in total. The van der Waals surface area contributed by atoms with Crippen molar-refractivity contribution in [1.82, 2.24) is 20.1 Å². The van der Waals surface area contributed by atoms with Gasteiger partial charge in [-0.05, 0) is 31.7 Å². The number of rotatable bonds is 9. The number of nitrogens with one attached hydrogen (secondary N) is 2. The quantitative estimate of drug-likeness (QED) is 0.226. The summed E-state index contributed by atoms with van der Waals surface area (Å²) >= 11 is 0. The van der Waals surface area contributed by atoms with Gasteiger partial charge in [-0.1, -0.05) is 19.9 Å². The Balaban J connectivity index is 0.00000420. The molecule has 1 aliphatic rings. The molecule has 1 aromatic rings. The molecule has 7 nitrogen and oxygen atoms in total. The standard InChI is InChI=1S/C21H37N5O2.HI/c1-17(2)19(25-12-14-28-15-13-25)16-24-21(22-4)23-10-5-6-11-26-18(3)8-7-9-20(26)27;/h7-9,17,19H,5-6,10-16H2,1-4H3,(H2,22,23,24);1H. The third kappa shape index (κ3) is 8.64. The molecule has 1 saturated heterocycles. The van der Waals surface area contributed by atoms with Crippen LogP contribution in [0.15, 0.2) is 28.0 Å². The van der Waals surface area contributed by atoms with Gasteiger partial charge in [-0.3, -0.25) is 14.7 Å². The highest BCUT2D eigenvalue weighted by Crippen LogP contribution is 2.12. The van der Waals surface area contributed by atoms with Gasteiger partial charge in [0.1, 0.15) is 0 Å². The molecule has 2 heterocycles. The van der Waals surface area contributed by atoms with Crippen LogP contribution >= 0.6 is 24.0 Å². The normalized spacial score (nSPS) is 16.4. The Labute approximate surface area is 192 Å². The number of hydrogen-bond donors (Lipinski definition) is 2. The monoisotopic (exact) mass is 519 g/mol. The maximum Gasteiger partial charge on any atom is 0.250 e. The van der Waals surface area contributed by atoms with Gasteiger partial charge in [0.2, 0.25) is 0 Å². The lowest BCUT2D eigenvalue weighted by Gasteiger charge is -2.37. The number of ether oxygens (including phenoxy) is 1. The zero-order valence-corrected chi connectivity index (χ0v) is 20.6. The van der Waals surface area contributed by atoms with Crippen LogP contribution in [-0.2, 0) is 11.3 Å². The van der Waals surface area contributed by atoms with Crippen molar-refractivity contribution in [2.75, 3.05) is 46.4 Å². The predicted molar refractivity (Wildman–Crippen MR) is 130 cm³/mol. The Bertz CT molecular complexity index is 671. The first-order valence-corrected chi connectivity index (χ1v) is 10.5. The van der Waals surface area contributed by atoms with Gasteiger partial charge in [-0.15, -0.1) is 24.0 Å². The summed E-state index contributed by atoms with van der Waals surface area (Å²) in [6, 6.07) is 5.88. The fraction of sp³-hybridized carbons (Fsp3) is 0.714. The van der Waals surface area contributed by atoms with Crippen LogP contribution in [0, 0.1) is 12.8 Å². The van der Waals surface area contributed by atoms with E-state index in [1.54, 1.807) is 13.1 Å². The molecule has 0 bridgehead atoms. The molecule has 166 valence electrons. The summed E-state index contributed by atoms with van der Waals surface area (Å²) in [5.41, 5.74) is 1.09. The van der Waals surface area contributed by atoms with Crippen molar-refractivity contribution in [1.29, 1.82) is 0 Å². The van der Waals surface area contributed by atoms with E-state index < -0.39 is 0 Å². The van der Waals surface area contributed by atoms with Crippen LogP contribution in [0.2, 0.25) is 0 Å². The highest BCUT2D eigenvalue weighted by Gasteiger charge is 2.23. The number of unbranched alkanes of at least 4 members (excludes halogenated alkanes) is 1. The van der Waals surface area contributed by atoms with Crippen molar-refractivity contribution in [3.8, 4) is 0 Å². The molecular formula is C21H38IN5O2. The number of hydrogen-bond acceptors (Lipinski definition) is 4. The van der Waals surface area contributed by atoms with E-state index in [2.05, 4.69) is 34.4 Å². The van der Waals surface area contributed by atoms with Crippen molar-refractivity contribution in [3.63, 3.8) is 0 Å². The number of aliphatic imine (C=N–C) groups is 1. The van der Waals surface area contributed by atoms with Crippen molar-refractivity contribution < 1.29 is 4.74 Å². The molecule has 0 amide bonds. The highest BCUT2D eigenvalue weighted by molar-refractivity contribution is 14.0. The largest absolute Gasteiger partial charge is 0.379 e. The Morgan fingerprint density at radius 3 is 2.55 bits per heavy atom. The summed E-state index contributed by atoms with van der Waals surface area (Å²) in [6.07, 6.45) is 1.94. The van der Waals surface area contributed by atoms with E-state index in [0.29, 0.717) is 12.0 Å². The Hall–Kier alpha value is -1.13. The number of aryl methyl sites for hydroxylation is 1. The predicted octanol–water partition coefficient (Wildman–Crippen LogP) is 2.08. The molecule has 0 spiro atoms. The SMILES string of the molecule is CN=C(NCCCCn1c(C)cccc1=O)NCC(C(C)C)N1CCOCC1.I. The maximum absolute atomic E-state index is 11.9. The van der Waals surface area contributed by atoms with Gasteiger partial charge in [-0.25, -0.2) is 0 Å². The second-order valence-electron chi connectivity index (χ2n) is 7.70. The van der Waals surface area contributed by atoms with Crippen molar-refractivity contribution in [2.24, 2.45) is 10.9 Å². The van der Waals surface area contributed by atoms with Crippen LogP contribution in [0.1, 0.15) is 32.4 Å². The average molecular weight is 519 g/mol. The van der Waals surface area contributed by atoms with E-state index in [0.717, 1.165) is 70.4 Å². The van der Waals surface area contributed by atoms with Gasteiger partial charge in [0.05, 0.1) is 13.2 Å². The summed E-state index contributed by atoms with van der Waals surface area (Å²) in [4.78, 5) is 18.8. The summed E-state index contributed by atoms with van der Waals surface area (Å²) in [5.74, 6) is 1.41. The first kappa shape index (κ1) is 25.9. The van der Waals surface area contributed by atoms with Gasteiger partial charge in [0.25, 0.3) is 5.56 Å². The van der Waals surface area contributed by atoms with Crippen LogP contribution in [0.3, 0.4) is 0 Å². The average Bonchev–Trinajstić information content (AvgIpc) is 2.68. The minimum Gasteiger partial charge on any atom is -0.379 e. The van der Waals surface area contributed by atoms with Gasteiger partial charge >= 0.3 is 0 Å². The third-order valence-corrected chi connectivity index (χ3v) is 5.36. The lowest BCUT2D eigenvalue weighted by Crippen LogP contribution is -2.52. The molecule has 0 saturated carbocycles. The molecule has 8 heteroatoms. The van der Waals surface area contributed by atoms with E-state index in [-0.39, 0.29) is 29.5 Å². The summed E-state index contributed by atoms with van der Waals surface area (Å²) < 4.78 is 7.32. The maximum atomic E-state index is 11.9. The zero-order chi connectivity index (χ0) is 20.4. The number of morpholine rings is 1. The molecule has 0 aliphatic carbocycles. The number of guanidine groups is 1. The van der Waals surface area contributed by atoms with Crippen molar-refractivity contribution in [3.05, 3.63) is 34.2 Å². The van der Waals surface area contributed by atoms with Gasteiger partial charge < -0.3 is 19.9 Å². The number of pyridine rings is 1. The summed E-state index contributed by atoms with van der Waals surface area (Å²) in [6.45, 7) is 12.6. The Kier molecular flexibility index (Phi) is 12.5. The van der Waals surface area contributed by atoms with Crippen molar-refractivity contribution in [2.45, 2.75) is 46.2 Å². The topological polar surface area (TPSA) is 70.9 Å². The van der Waals surface area contributed by atoms with Crippen LogP contribution < -0.4 is 16.2 Å². The van der Waals surface area contributed by atoms with Gasteiger partial charge in [-0.2, -0.15) is 0 Å². The number of halogens is 1. The zero-order valence-electron chi connectivity index (χ0n) is 18.3. The smallest absolute Gasteiger partial charge is 0.250 e. The molecule has 2 rings (SSSR count). The van der Waals surface area contributed by atoms with E-state index in [1.807, 2.05) is 23.6 Å². The molecule has 0 radical (unpaired) electrons. The summed E-state index contributed by atoms with van der Waals surface area (Å²) in [5, 5.41) is 6.87. The van der Waals surface area contributed by atoms with Crippen LogP contribution in [0.5, 0.6) is 0 Å². The fourth-order valence-corrected chi connectivity index (χ4v) is 3.63. The summed E-state index contributed by atoms with van der Waals surface area (Å²) in [7, 11) is 1.81. The van der Waals surface area contributed by atoms with Crippen LogP contribution in [-0.4, -0.2) is 67.9 Å². The molecule has 1 atom stereocenters. The second-order valence-corrected chi connectivity index (χ2v) is 7.70. The molecule has 1 fully saturated rings. The van der Waals surface area contributed by atoms with Crippen molar-refractivity contribution >= 4 is 29.9 Å². The van der Waals surface area contributed by atoms with E-state index >= 15 is 0 Å². The lowest BCUT2D eigenvalue weighted by molar-refractivity contribution is 0.00752. The highest BCUT2D eigenvalue weighted by atomic mass is 127. The molecule has 1 aromatic heterocycles. The second kappa shape index (κ2) is 14.0. The molecule has 0 aromatic carbocycles. The lowest BCUT2D eigenvalue weighted by atomic mass is 10.0. The van der Waals surface area contributed by atoms with Gasteiger partial charge in [0.15, 0.2) is 5.96 Å². The first-order chi connectivity index (χ1) is 13.5. The Morgan fingerprint density at radius 2 is 1.93 bits per heavy atom. The third-order valence-electron chi connectivity index (χ3n) is 5.36. The molecule has 29 heavy (non-hydrogen) atoms. The van der Waals surface area contributed by atoms with Crippen LogP contribution in [0.4, 0.5) is 0 Å². The minimum absolute atomic E-state index is 0. The van der Waals surface area contributed by atoms with E-state index in [9.17, 15) is 4.79 Å². The Morgan fingerprint density at radius 1 is 1.21 bits per heavy atom. The van der Waals surface area contributed by atoms with E-state index in [4.69, 9.17) is 4.74 Å². The minimum atomic E-state index is 0. The molecule has 1 unspecified atom stereocenters. The number of aromatic nitrogens is 1. The number of nitrogens with zero attached hydrogens (tertiary/aromatic N) is 3. The first-order valence-electron chi connectivity index (χ1n) is 10.5.